The molecule has 1 unspecified atom stereocenters. The third kappa shape index (κ3) is 4.99. The molecule has 0 spiro atoms. The molecule has 0 radical (unpaired) electrons. The number of thiophene rings is 1. The second-order valence-electron chi connectivity index (χ2n) is 12.0. The number of ketones is 1. The van der Waals surface area contributed by atoms with Crippen LogP contribution in [0.1, 0.15) is 31.7 Å². The van der Waals surface area contributed by atoms with E-state index in [1.807, 2.05) is 11.0 Å². The van der Waals surface area contributed by atoms with Crippen LogP contribution >= 0.6 is 22.9 Å². The Bertz CT molecular complexity index is 2010. The molecule has 2 fully saturated rings. The largest absolute Gasteiger partial charge is 0.489 e. The van der Waals surface area contributed by atoms with Gasteiger partial charge in [-0.2, -0.15) is 15.2 Å². The van der Waals surface area contributed by atoms with E-state index in [0.717, 1.165) is 28.7 Å². The van der Waals surface area contributed by atoms with Gasteiger partial charge in [0.1, 0.15) is 53.6 Å². The number of aromatic nitrogens is 2. The fraction of sp³-hybridized carbons (Fsp3) is 0.419. The fourth-order valence-corrected chi connectivity index (χ4v) is 8.42. The van der Waals surface area contributed by atoms with Gasteiger partial charge in [0.2, 0.25) is 0 Å². The van der Waals surface area contributed by atoms with Gasteiger partial charge in [-0.15, -0.1) is 11.3 Å². The number of hydrogen-bond acceptors (Lipinski definition) is 10. The van der Waals surface area contributed by atoms with Crippen LogP contribution in [0.4, 0.5) is 32.8 Å². The minimum absolute atomic E-state index is 0.00541. The van der Waals surface area contributed by atoms with Crippen LogP contribution in [-0.2, 0) is 4.79 Å². The van der Waals surface area contributed by atoms with Crippen LogP contribution in [0.15, 0.2) is 12.1 Å². The van der Waals surface area contributed by atoms with E-state index >= 15 is 4.39 Å². The smallest absolute Gasteiger partial charge is 0.319 e. The van der Waals surface area contributed by atoms with Crippen molar-refractivity contribution < 1.29 is 36.2 Å². The topological polar surface area (TPSA) is 118 Å². The first-order valence-electron chi connectivity index (χ1n) is 14.8. The zero-order valence-electron chi connectivity index (χ0n) is 24.8. The molecule has 0 aliphatic carbocycles. The summed E-state index contributed by atoms with van der Waals surface area (Å²) in [6.45, 7) is 0.672. The third-order valence-corrected chi connectivity index (χ3v) is 10.6. The predicted octanol–water partition coefficient (Wildman–Crippen LogP) is 6.27. The van der Waals surface area contributed by atoms with Crippen molar-refractivity contribution in [1.29, 1.82) is 5.26 Å². The number of carbonyl (C=O) groups excluding carboxylic acids is 1. The van der Waals surface area contributed by atoms with Gasteiger partial charge in [0, 0.05) is 23.9 Å². The second-order valence-corrected chi connectivity index (χ2v) is 13.4. The van der Waals surface area contributed by atoms with Gasteiger partial charge in [0.05, 0.1) is 32.8 Å². The van der Waals surface area contributed by atoms with Crippen molar-refractivity contribution in [1.82, 2.24) is 14.9 Å². The van der Waals surface area contributed by atoms with Crippen LogP contribution in [0.25, 0.3) is 32.1 Å². The average molecular weight is 693 g/mol. The Morgan fingerprint density at radius 3 is 2.83 bits per heavy atom. The summed E-state index contributed by atoms with van der Waals surface area (Å²) >= 11 is 7.65. The summed E-state index contributed by atoms with van der Waals surface area (Å²) in [6, 6.07) is 2.60. The zero-order valence-corrected chi connectivity index (χ0v) is 26.3. The van der Waals surface area contributed by atoms with Gasteiger partial charge in [-0.25, -0.2) is 22.0 Å². The van der Waals surface area contributed by atoms with E-state index in [9.17, 15) is 27.6 Å². The van der Waals surface area contributed by atoms with Crippen molar-refractivity contribution in [2.24, 2.45) is 0 Å². The summed E-state index contributed by atoms with van der Waals surface area (Å²) in [5, 5.41) is 9.36. The molecule has 16 heteroatoms. The molecule has 7 rings (SSSR count). The van der Waals surface area contributed by atoms with Crippen LogP contribution in [0, 0.1) is 23.0 Å². The van der Waals surface area contributed by atoms with Crippen LogP contribution < -0.4 is 20.1 Å². The number of rotatable bonds is 7. The van der Waals surface area contributed by atoms with E-state index < -0.39 is 60.3 Å². The SMILES string of the molecule is CC(=O)C1COc2c(Cl)c(-c3ccc(F)c4sc(N)c(C#N)c34)c(F)c3nc(OC[C@@]45CCCN4C[C@H](F)C5)nc(c23)N1CC(F)F. The lowest BCUT2D eigenvalue weighted by atomic mass is 9.95. The Labute approximate surface area is 273 Å². The molecule has 0 amide bonds. The van der Waals surface area contributed by atoms with Crippen LogP contribution in [0.2, 0.25) is 5.02 Å². The molecule has 47 heavy (non-hydrogen) atoms. The number of hydrogen-bond donors (Lipinski definition) is 1. The van der Waals surface area contributed by atoms with Gasteiger partial charge in [0.15, 0.2) is 17.3 Å². The van der Waals surface area contributed by atoms with Gasteiger partial charge in [-0.3, -0.25) is 9.69 Å². The molecule has 2 aromatic heterocycles. The van der Waals surface area contributed by atoms with Crippen molar-refractivity contribution in [3.8, 4) is 29.0 Å². The molecule has 2 aromatic carbocycles. The second kappa shape index (κ2) is 11.6. The first-order chi connectivity index (χ1) is 22.4. The maximum absolute atomic E-state index is 17.0. The van der Waals surface area contributed by atoms with E-state index in [2.05, 4.69) is 9.97 Å². The summed E-state index contributed by atoms with van der Waals surface area (Å²) in [4.78, 5) is 24.5. The molecule has 2 N–H and O–H groups in total. The van der Waals surface area contributed by atoms with E-state index in [1.165, 1.54) is 13.0 Å². The molecule has 0 bridgehead atoms. The number of Topliss-reactive ketones (excluding diaryl/α,β-unsaturated/α-hetero) is 1. The maximum Gasteiger partial charge on any atom is 0.319 e. The van der Waals surface area contributed by atoms with E-state index in [0.29, 0.717) is 13.0 Å². The number of nitrogens with zero attached hydrogens (tertiary/aromatic N) is 5. The van der Waals surface area contributed by atoms with Crippen LogP contribution in [0.3, 0.4) is 0 Å². The van der Waals surface area contributed by atoms with Gasteiger partial charge in [-0.1, -0.05) is 17.7 Å². The molecule has 2 saturated heterocycles. The van der Waals surface area contributed by atoms with Crippen molar-refractivity contribution in [3.63, 3.8) is 0 Å². The molecule has 5 heterocycles. The van der Waals surface area contributed by atoms with Crippen LogP contribution in [0.5, 0.6) is 11.8 Å². The highest BCUT2D eigenvalue weighted by Crippen LogP contribution is 2.51. The number of nitrogen functional groups attached to an aromatic ring is 1. The Kier molecular flexibility index (Phi) is 7.80. The number of halogens is 6. The number of anilines is 2. The van der Waals surface area contributed by atoms with Gasteiger partial charge in [0.25, 0.3) is 6.43 Å². The van der Waals surface area contributed by atoms with Gasteiger partial charge >= 0.3 is 6.01 Å². The minimum Gasteiger partial charge on any atom is -0.489 e. The van der Waals surface area contributed by atoms with Crippen molar-refractivity contribution >= 4 is 60.5 Å². The lowest BCUT2D eigenvalue weighted by Crippen LogP contribution is -2.46. The number of alkyl halides is 3. The monoisotopic (exact) mass is 692 g/mol. The Morgan fingerprint density at radius 2 is 2.11 bits per heavy atom. The van der Waals surface area contributed by atoms with Crippen molar-refractivity contribution in [2.45, 2.75) is 50.4 Å². The van der Waals surface area contributed by atoms with Gasteiger partial charge in [-0.05, 0) is 37.9 Å². The predicted molar refractivity (Wildman–Crippen MR) is 166 cm³/mol. The highest BCUT2D eigenvalue weighted by molar-refractivity contribution is 7.23. The van der Waals surface area contributed by atoms with E-state index in [-0.39, 0.29) is 79.3 Å². The molecule has 3 aliphatic rings. The molecular formula is C31H26ClF5N6O3S. The Morgan fingerprint density at radius 1 is 1.32 bits per heavy atom. The molecule has 3 atom stereocenters. The maximum atomic E-state index is 17.0. The fourth-order valence-electron chi connectivity index (χ4n) is 7.13. The van der Waals surface area contributed by atoms with E-state index in [1.54, 1.807) is 0 Å². The summed E-state index contributed by atoms with van der Waals surface area (Å²) in [5.74, 6) is -2.74. The number of nitrogens with two attached hydrogens (primary N) is 1. The lowest BCUT2D eigenvalue weighted by molar-refractivity contribution is -0.119. The highest BCUT2D eigenvalue weighted by Gasteiger charge is 2.49. The summed E-state index contributed by atoms with van der Waals surface area (Å²) < 4.78 is 86.3. The first kappa shape index (κ1) is 31.6. The molecule has 246 valence electrons. The number of nitriles is 1. The first-order valence-corrected chi connectivity index (χ1v) is 16.0. The normalized spacial score (nSPS) is 22.5. The Hall–Kier alpha value is -4.00. The van der Waals surface area contributed by atoms with Crippen molar-refractivity contribution in [2.75, 3.05) is 43.5 Å². The molecule has 4 aromatic rings. The number of ether oxygens (including phenoxy) is 2. The molecule has 0 saturated carbocycles. The highest BCUT2D eigenvalue weighted by atomic mass is 35.5. The number of carbonyl (C=O) groups is 1. The van der Waals surface area contributed by atoms with Crippen molar-refractivity contribution in [3.05, 3.63) is 34.4 Å². The lowest BCUT2D eigenvalue weighted by Gasteiger charge is -2.31. The molecule has 9 nitrogen and oxygen atoms in total. The summed E-state index contributed by atoms with van der Waals surface area (Å²) in [6.07, 6.45) is -2.30. The van der Waals surface area contributed by atoms with E-state index in [4.69, 9.17) is 26.8 Å². The summed E-state index contributed by atoms with van der Waals surface area (Å²) in [7, 11) is 0. The number of fused-ring (bicyclic) bond motifs is 2. The number of benzene rings is 2. The average Bonchev–Trinajstić information content (AvgIpc) is 3.63. The zero-order chi connectivity index (χ0) is 33.4. The standard InChI is InChI=1S/C31H26ClF5N6O3S/c1-13(44)18-11-45-26-22-25(24(37)21(23(26)32)15-3-4-17(34)27-20(15)16(8-38)28(39)47-27)40-30(41-29(22)43(18)10-19(35)36)46-12-31-5-2-6-42(31)9-14(33)7-31/h3-4,14,18-19H,2,5-7,9-12,39H2,1H3/t14-,18?,31+/m1/s1. The molecule has 3 aliphatic heterocycles. The Balaban J connectivity index is 1.48. The minimum atomic E-state index is -2.93. The van der Waals surface area contributed by atoms with Crippen LogP contribution in [-0.4, -0.2) is 77.7 Å². The third-order valence-electron chi connectivity index (χ3n) is 9.21. The quantitative estimate of drug-likeness (QED) is 0.224. The van der Waals surface area contributed by atoms with Gasteiger partial charge < -0.3 is 20.1 Å². The summed E-state index contributed by atoms with van der Waals surface area (Å²) in [5.41, 5.74) is 4.55. The molecular weight excluding hydrogens is 667 g/mol.